The molecule has 0 saturated carbocycles. The standard InChI is InChI=1S/C21H22N2O4S/c1-14-7-8-18(12-19(14)23-28(2,26)27)21(25)22-13-20(24)17-10-9-15-5-3-4-6-16(15)11-17/h3-12,20,23-24H,13H2,1-2H3,(H,22,25). The molecule has 0 bridgehead atoms. The molecule has 0 aliphatic carbocycles. The smallest absolute Gasteiger partial charge is 0.251 e. The van der Waals surface area contributed by atoms with E-state index in [1.807, 2.05) is 42.5 Å². The highest BCUT2D eigenvalue weighted by molar-refractivity contribution is 7.92. The van der Waals surface area contributed by atoms with Crippen molar-refractivity contribution in [1.29, 1.82) is 0 Å². The summed E-state index contributed by atoms with van der Waals surface area (Å²) >= 11 is 0. The van der Waals surface area contributed by atoms with E-state index >= 15 is 0 Å². The third-order valence-electron chi connectivity index (χ3n) is 4.41. The molecule has 0 aliphatic heterocycles. The molecule has 0 saturated heterocycles. The van der Waals surface area contributed by atoms with E-state index in [1.54, 1.807) is 19.1 Å². The third kappa shape index (κ3) is 4.88. The van der Waals surface area contributed by atoms with Crippen LogP contribution >= 0.6 is 0 Å². The average molecular weight is 398 g/mol. The number of carbonyl (C=O) groups is 1. The highest BCUT2D eigenvalue weighted by Gasteiger charge is 2.13. The zero-order valence-corrected chi connectivity index (χ0v) is 16.5. The van der Waals surface area contributed by atoms with Crippen molar-refractivity contribution in [3.63, 3.8) is 0 Å². The lowest BCUT2D eigenvalue weighted by atomic mass is 10.0. The lowest BCUT2D eigenvalue weighted by molar-refractivity contribution is 0.0916. The Bertz CT molecular complexity index is 1130. The summed E-state index contributed by atoms with van der Waals surface area (Å²) < 4.78 is 25.3. The molecule has 28 heavy (non-hydrogen) atoms. The maximum atomic E-state index is 12.4. The second kappa shape index (κ2) is 8.00. The van der Waals surface area contributed by atoms with Crippen molar-refractivity contribution in [3.8, 4) is 0 Å². The SMILES string of the molecule is Cc1ccc(C(=O)NCC(O)c2ccc3ccccc3c2)cc1NS(C)(=O)=O. The van der Waals surface area contributed by atoms with Crippen LogP contribution in [0.15, 0.2) is 60.7 Å². The number of anilines is 1. The van der Waals surface area contributed by atoms with Crippen molar-refractivity contribution in [2.45, 2.75) is 13.0 Å². The number of amides is 1. The summed E-state index contributed by atoms with van der Waals surface area (Å²) in [5.41, 5.74) is 2.08. The predicted octanol–water partition coefficient (Wildman–Crippen LogP) is 2.98. The van der Waals surface area contributed by atoms with Crippen molar-refractivity contribution in [2.24, 2.45) is 0 Å². The van der Waals surface area contributed by atoms with Crippen LogP contribution in [0.25, 0.3) is 10.8 Å². The van der Waals surface area contributed by atoms with Gasteiger partial charge in [-0.05, 0) is 47.0 Å². The van der Waals surface area contributed by atoms with Gasteiger partial charge in [0.1, 0.15) is 0 Å². The van der Waals surface area contributed by atoms with Crippen molar-refractivity contribution in [1.82, 2.24) is 5.32 Å². The zero-order chi connectivity index (χ0) is 20.3. The summed E-state index contributed by atoms with van der Waals surface area (Å²) in [6, 6.07) is 18.3. The summed E-state index contributed by atoms with van der Waals surface area (Å²) in [5.74, 6) is -0.392. The Morgan fingerprint density at radius 1 is 1.04 bits per heavy atom. The predicted molar refractivity (Wildman–Crippen MR) is 111 cm³/mol. The molecule has 1 amide bonds. The van der Waals surface area contributed by atoms with E-state index < -0.39 is 22.0 Å². The minimum atomic E-state index is -3.44. The first kappa shape index (κ1) is 19.9. The molecule has 1 atom stereocenters. The topological polar surface area (TPSA) is 95.5 Å². The van der Waals surface area contributed by atoms with E-state index in [0.29, 0.717) is 22.4 Å². The molecule has 0 radical (unpaired) electrons. The zero-order valence-electron chi connectivity index (χ0n) is 15.6. The lowest BCUT2D eigenvalue weighted by Crippen LogP contribution is -2.28. The molecule has 3 rings (SSSR count). The van der Waals surface area contributed by atoms with Crippen LogP contribution in [0.1, 0.15) is 27.6 Å². The molecule has 1 unspecified atom stereocenters. The van der Waals surface area contributed by atoms with Crippen LogP contribution in [-0.4, -0.2) is 32.2 Å². The highest BCUT2D eigenvalue weighted by Crippen LogP contribution is 2.21. The van der Waals surface area contributed by atoms with E-state index in [0.717, 1.165) is 17.0 Å². The molecule has 146 valence electrons. The fraction of sp³-hybridized carbons (Fsp3) is 0.190. The number of hydrogen-bond donors (Lipinski definition) is 3. The Morgan fingerprint density at radius 2 is 1.75 bits per heavy atom. The first-order valence-corrected chi connectivity index (χ1v) is 10.7. The number of carbonyl (C=O) groups excluding carboxylic acids is 1. The number of aryl methyl sites for hydroxylation is 1. The summed E-state index contributed by atoms with van der Waals surface area (Å²) in [6.45, 7) is 1.79. The van der Waals surface area contributed by atoms with Crippen LogP contribution in [-0.2, 0) is 10.0 Å². The van der Waals surface area contributed by atoms with E-state index in [9.17, 15) is 18.3 Å². The number of aliphatic hydroxyl groups is 1. The van der Waals surface area contributed by atoms with Crippen molar-refractivity contribution >= 4 is 32.4 Å². The Labute approximate surface area is 164 Å². The first-order chi connectivity index (χ1) is 13.2. The van der Waals surface area contributed by atoms with Gasteiger partial charge in [0.2, 0.25) is 10.0 Å². The summed E-state index contributed by atoms with van der Waals surface area (Å²) in [4.78, 5) is 12.4. The van der Waals surface area contributed by atoms with E-state index in [1.165, 1.54) is 6.07 Å². The summed E-state index contributed by atoms with van der Waals surface area (Å²) in [5, 5.41) is 15.2. The highest BCUT2D eigenvalue weighted by atomic mass is 32.2. The summed E-state index contributed by atoms with van der Waals surface area (Å²) in [6.07, 6.45) is 0.201. The number of sulfonamides is 1. The fourth-order valence-corrected chi connectivity index (χ4v) is 3.52. The normalized spacial score (nSPS) is 12.5. The van der Waals surface area contributed by atoms with Gasteiger partial charge in [0.15, 0.2) is 0 Å². The number of rotatable bonds is 6. The van der Waals surface area contributed by atoms with Crippen molar-refractivity contribution < 1.29 is 18.3 Å². The molecule has 0 aliphatic rings. The van der Waals surface area contributed by atoms with Gasteiger partial charge in [-0.3, -0.25) is 9.52 Å². The Morgan fingerprint density at radius 3 is 2.46 bits per heavy atom. The quantitative estimate of drug-likeness (QED) is 0.595. The number of nitrogens with one attached hydrogen (secondary N) is 2. The molecule has 3 aromatic carbocycles. The Kier molecular flexibility index (Phi) is 5.67. The average Bonchev–Trinajstić information content (AvgIpc) is 2.66. The van der Waals surface area contributed by atoms with Gasteiger partial charge in [-0.1, -0.05) is 42.5 Å². The molecule has 6 nitrogen and oxygen atoms in total. The second-order valence-electron chi connectivity index (χ2n) is 6.74. The largest absolute Gasteiger partial charge is 0.387 e. The first-order valence-electron chi connectivity index (χ1n) is 8.76. The van der Waals surface area contributed by atoms with Gasteiger partial charge >= 0.3 is 0 Å². The second-order valence-corrected chi connectivity index (χ2v) is 8.48. The lowest BCUT2D eigenvalue weighted by Gasteiger charge is -2.14. The van der Waals surface area contributed by atoms with Gasteiger partial charge in [-0.15, -0.1) is 0 Å². The number of hydrogen-bond acceptors (Lipinski definition) is 4. The number of aliphatic hydroxyl groups excluding tert-OH is 1. The Hall–Kier alpha value is -2.90. The Balaban J connectivity index is 1.69. The molecule has 3 aromatic rings. The van der Waals surface area contributed by atoms with Crippen LogP contribution in [0.5, 0.6) is 0 Å². The minimum Gasteiger partial charge on any atom is -0.387 e. The van der Waals surface area contributed by atoms with E-state index in [2.05, 4.69) is 10.0 Å². The molecule has 0 spiro atoms. The number of fused-ring (bicyclic) bond motifs is 1. The van der Waals surface area contributed by atoms with Crippen LogP contribution in [0, 0.1) is 6.92 Å². The van der Waals surface area contributed by atoms with E-state index in [-0.39, 0.29) is 6.54 Å². The van der Waals surface area contributed by atoms with Gasteiger partial charge in [0.05, 0.1) is 18.0 Å². The molecular weight excluding hydrogens is 376 g/mol. The van der Waals surface area contributed by atoms with Gasteiger partial charge in [0, 0.05) is 12.1 Å². The molecule has 0 heterocycles. The maximum absolute atomic E-state index is 12.4. The maximum Gasteiger partial charge on any atom is 0.251 e. The molecule has 3 N–H and O–H groups in total. The van der Waals surface area contributed by atoms with Gasteiger partial charge in [-0.25, -0.2) is 8.42 Å². The minimum absolute atomic E-state index is 0.0416. The third-order valence-corrected chi connectivity index (χ3v) is 5.00. The van der Waals surface area contributed by atoms with Crippen LogP contribution in [0.2, 0.25) is 0 Å². The van der Waals surface area contributed by atoms with Crippen molar-refractivity contribution in [2.75, 3.05) is 17.5 Å². The van der Waals surface area contributed by atoms with E-state index in [4.69, 9.17) is 0 Å². The van der Waals surface area contributed by atoms with Crippen LogP contribution < -0.4 is 10.0 Å². The molecular formula is C21H22N2O4S. The molecule has 0 fully saturated rings. The van der Waals surface area contributed by atoms with Crippen LogP contribution in [0.3, 0.4) is 0 Å². The van der Waals surface area contributed by atoms with Crippen molar-refractivity contribution in [3.05, 3.63) is 77.4 Å². The van der Waals surface area contributed by atoms with Gasteiger partial charge < -0.3 is 10.4 Å². The summed E-state index contributed by atoms with van der Waals surface area (Å²) in [7, 11) is -3.44. The monoisotopic (exact) mass is 398 g/mol. The van der Waals surface area contributed by atoms with Gasteiger partial charge in [-0.2, -0.15) is 0 Å². The molecule has 7 heteroatoms. The van der Waals surface area contributed by atoms with Gasteiger partial charge in [0.25, 0.3) is 5.91 Å². The molecule has 0 aromatic heterocycles. The number of benzene rings is 3. The van der Waals surface area contributed by atoms with Crippen LogP contribution in [0.4, 0.5) is 5.69 Å². The fourth-order valence-electron chi connectivity index (χ4n) is 2.90.